The first-order chi connectivity index (χ1) is 5.50. The van der Waals surface area contributed by atoms with Gasteiger partial charge in [0.05, 0.1) is 17.0 Å². The zero-order chi connectivity index (χ0) is 9.19. The fourth-order valence-corrected chi connectivity index (χ4v) is 1.32. The van der Waals surface area contributed by atoms with E-state index < -0.39 is 5.54 Å². The quantitative estimate of drug-likeness (QED) is 0.762. The van der Waals surface area contributed by atoms with Gasteiger partial charge in [0.2, 0.25) is 0 Å². The van der Waals surface area contributed by atoms with Crippen molar-refractivity contribution >= 4 is 17.1 Å². The Bertz CT molecular complexity index is 261. The van der Waals surface area contributed by atoms with Gasteiger partial charge in [0.1, 0.15) is 0 Å². The molecule has 0 aliphatic carbocycles. The van der Waals surface area contributed by atoms with Crippen molar-refractivity contribution in [1.82, 2.24) is 4.98 Å². The molecular formula is C8H12N2OS. The molecule has 1 aromatic heterocycles. The van der Waals surface area contributed by atoms with Crippen molar-refractivity contribution in [2.45, 2.75) is 25.8 Å². The van der Waals surface area contributed by atoms with Crippen LogP contribution in [-0.4, -0.2) is 16.3 Å². The third-order valence-corrected chi connectivity index (χ3v) is 2.29. The fraction of sp³-hybridized carbons (Fsp3) is 0.500. The highest BCUT2D eigenvalue weighted by Gasteiger charge is 2.22. The first-order valence-electron chi connectivity index (χ1n) is 3.70. The molecule has 0 atom stereocenters. The smallest absolute Gasteiger partial charge is 0.158 e. The maximum absolute atomic E-state index is 11.4. The van der Waals surface area contributed by atoms with Crippen LogP contribution in [-0.2, 0) is 11.2 Å². The molecule has 0 radical (unpaired) electrons. The lowest BCUT2D eigenvalue weighted by atomic mass is 9.99. The third kappa shape index (κ3) is 2.39. The zero-order valence-corrected chi connectivity index (χ0v) is 8.02. The van der Waals surface area contributed by atoms with E-state index >= 15 is 0 Å². The van der Waals surface area contributed by atoms with Gasteiger partial charge >= 0.3 is 0 Å². The summed E-state index contributed by atoms with van der Waals surface area (Å²) in [5.74, 6) is 0.0254. The van der Waals surface area contributed by atoms with Crippen LogP contribution in [0, 0.1) is 0 Å². The van der Waals surface area contributed by atoms with Crippen molar-refractivity contribution in [3.8, 4) is 0 Å². The van der Waals surface area contributed by atoms with Crippen LogP contribution in [0.25, 0.3) is 0 Å². The minimum Gasteiger partial charge on any atom is -0.319 e. The number of rotatable bonds is 3. The molecule has 0 fully saturated rings. The average Bonchev–Trinajstić information content (AvgIpc) is 2.37. The van der Waals surface area contributed by atoms with Gasteiger partial charge in [-0.15, -0.1) is 11.3 Å². The highest BCUT2D eigenvalue weighted by molar-refractivity contribution is 7.09. The highest BCUT2D eigenvalue weighted by Crippen LogP contribution is 2.09. The van der Waals surface area contributed by atoms with E-state index in [0.29, 0.717) is 6.42 Å². The molecule has 0 aromatic carbocycles. The average molecular weight is 184 g/mol. The van der Waals surface area contributed by atoms with E-state index in [1.807, 2.05) is 5.38 Å². The van der Waals surface area contributed by atoms with Crippen molar-refractivity contribution in [2.75, 3.05) is 0 Å². The number of thiazole rings is 1. The molecule has 0 bridgehead atoms. The summed E-state index contributed by atoms with van der Waals surface area (Å²) in [6.07, 6.45) is 2.04. The van der Waals surface area contributed by atoms with Crippen LogP contribution in [0.3, 0.4) is 0 Å². The summed E-state index contributed by atoms with van der Waals surface area (Å²) >= 11 is 1.48. The number of carbonyl (C=O) groups is 1. The van der Waals surface area contributed by atoms with E-state index in [1.165, 1.54) is 11.3 Å². The zero-order valence-electron chi connectivity index (χ0n) is 7.20. The molecule has 1 heterocycles. The molecule has 0 spiro atoms. The summed E-state index contributed by atoms with van der Waals surface area (Å²) < 4.78 is 0. The second-order valence-electron chi connectivity index (χ2n) is 3.25. The second kappa shape index (κ2) is 3.33. The fourth-order valence-electron chi connectivity index (χ4n) is 0.705. The number of nitrogens with two attached hydrogens (primary N) is 1. The lowest BCUT2D eigenvalue weighted by Crippen LogP contribution is -2.42. The van der Waals surface area contributed by atoms with Crippen LogP contribution in [0.2, 0.25) is 0 Å². The van der Waals surface area contributed by atoms with E-state index in [9.17, 15) is 4.79 Å². The van der Waals surface area contributed by atoms with Crippen LogP contribution in [0.5, 0.6) is 0 Å². The van der Waals surface area contributed by atoms with Gasteiger partial charge < -0.3 is 5.73 Å². The topological polar surface area (TPSA) is 56.0 Å². The number of Topliss-reactive ketones (excluding diaryl/α,β-unsaturated/α-hetero) is 1. The van der Waals surface area contributed by atoms with Crippen LogP contribution in [0.1, 0.15) is 18.9 Å². The summed E-state index contributed by atoms with van der Waals surface area (Å²) in [5.41, 5.74) is 4.88. The maximum Gasteiger partial charge on any atom is 0.158 e. The molecule has 0 saturated carbocycles. The summed E-state index contributed by atoms with van der Waals surface area (Å²) in [6, 6.07) is 0. The molecule has 0 saturated heterocycles. The maximum atomic E-state index is 11.4. The molecule has 1 aromatic rings. The molecule has 0 aliphatic rings. The SMILES string of the molecule is CC(C)(N)C(=O)Cc1nccs1. The second-order valence-corrected chi connectivity index (χ2v) is 4.23. The number of aromatic nitrogens is 1. The number of hydrogen-bond donors (Lipinski definition) is 1. The van der Waals surface area contributed by atoms with E-state index in [-0.39, 0.29) is 5.78 Å². The number of hydrogen-bond acceptors (Lipinski definition) is 4. The predicted octanol–water partition coefficient (Wildman–Crippen LogP) is 0.992. The minimum atomic E-state index is -0.744. The Kier molecular flexibility index (Phi) is 2.59. The summed E-state index contributed by atoms with van der Waals surface area (Å²) in [4.78, 5) is 15.4. The summed E-state index contributed by atoms with van der Waals surface area (Å²) in [5, 5.41) is 2.69. The number of ketones is 1. The van der Waals surface area contributed by atoms with Crippen LogP contribution in [0.4, 0.5) is 0 Å². The Hall–Kier alpha value is -0.740. The monoisotopic (exact) mass is 184 g/mol. The molecule has 66 valence electrons. The Labute approximate surface area is 75.6 Å². The molecule has 3 nitrogen and oxygen atoms in total. The van der Waals surface area contributed by atoms with Crippen molar-refractivity contribution < 1.29 is 4.79 Å². The van der Waals surface area contributed by atoms with E-state index in [4.69, 9.17) is 5.73 Å². The Morgan fingerprint density at radius 1 is 1.75 bits per heavy atom. The first-order valence-corrected chi connectivity index (χ1v) is 4.58. The molecule has 0 unspecified atom stereocenters. The molecule has 4 heteroatoms. The van der Waals surface area contributed by atoms with Crippen molar-refractivity contribution in [3.63, 3.8) is 0 Å². The standard InChI is InChI=1S/C8H12N2OS/c1-8(2,9)6(11)5-7-10-3-4-12-7/h3-4H,5,9H2,1-2H3. The van der Waals surface area contributed by atoms with Gasteiger partial charge in [0.25, 0.3) is 0 Å². The number of nitrogens with zero attached hydrogens (tertiary/aromatic N) is 1. The lowest BCUT2D eigenvalue weighted by Gasteiger charge is -2.15. The predicted molar refractivity (Wildman–Crippen MR) is 49.1 cm³/mol. The first kappa shape index (κ1) is 9.35. The van der Waals surface area contributed by atoms with Gasteiger partial charge in [0, 0.05) is 11.6 Å². The van der Waals surface area contributed by atoms with Gasteiger partial charge in [-0.25, -0.2) is 4.98 Å². The Balaban J connectivity index is 2.60. The minimum absolute atomic E-state index is 0.0254. The number of carbonyl (C=O) groups excluding carboxylic acids is 1. The summed E-state index contributed by atoms with van der Waals surface area (Å²) in [6.45, 7) is 3.42. The van der Waals surface area contributed by atoms with Crippen molar-refractivity contribution in [1.29, 1.82) is 0 Å². The van der Waals surface area contributed by atoms with Crippen LogP contribution < -0.4 is 5.73 Å². The van der Waals surface area contributed by atoms with Gasteiger partial charge in [0.15, 0.2) is 5.78 Å². The van der Waals surface area contributed by atoms with Gasteiger partial charge in [-0.1, -0.05) is 0 Å². The molecule has 1 rings (SSSR count). The molecule has 0 aliphatic heterocycles. The van der Waals surface area contributed by atoms with Crippen molar-refractivity contribution in [3.05, 3.63) is 16.6 Å². The van der Waals surface area contributed by atoms with Gasteiger partial charge in [-0.2, -0.15) is 0 Å². The highest BCUT2D eigenvalue weighted by atomic mass is 32.1. The molecular weight excluding hydrogens is 172 g/mol. The third-order valence-electron chi connectivity index (χ3n) is 1.51. The van der Waals surface area contributed by atoms with E-state index in [1.54, 1.807) is 20.0 Å². The van der Waals surface area contributed by atoms with Crippen molar-refractivity contribution in [2.24, 2.45) is 5.73 Å². The Morgan fingerprint density at radius 2 is 2.42 bits per heavy atom. The van der Waals surface area contributed by atoms with E-state index in [0.717, 1.165) is 5.01 Å². The Morgan fingerprint density at radius 3 is 2.83 bits per heavy atom. The van der Waals surface area contributed by atoms with Crippen LogP contribution >= 0.6 is 11.3 Å². The lowest BCUT2D eigenvalue weighted by molar-refractivity contribution is -0.122. The molecule has 0 amide bonds. The largest absolute Gasteiger partial charge is 0.319 e. The normalized spacial score (nSPS) is 11.6. The molecule has 2 N–H and O–H groups in total. The van der Waals surface area contributed by atoms with E-state index in [2.05, 4.69) is 4.98 Å². The van der Waals surface area contributed by atoms with Gasteiger partial charge in [-0.05, 0) is 13.8 Å². The summed E-state index contributed by atoms with van der Waals surface area (Å²) in [7, 11) is 0. The van der Waals surface area contributed by atoms with Crippen LogP contribution in [0.15, 0.2) is 11.6 Å². The molecule has 12 heavy (non-hydrogen) atoms. The van der Waals surface area contributed by atoms with Gasteiger partial charge in [-0.3, -0.25) is 4.79 Å².